The number of nitrogens with one attached hydrogen (secondary N) is 1. The summed E-state index contributed by atoms with van der Waals surface area (Å²) in [6, 6.07) is 8.78. The number of rotatable bonds is 4. The third-order valence-corrected chi connectivity index (χ3v) is 3.36. The largest absolute Gasteiger partial charge is 0.381 e. The molecule has 0 aliphatic carbocycles. The summed E-state index contributed by atoms with van der Waals surface area (Å²) in [4.78, 5) is 9.73. The van der Waals surface area contributed by atoms with Crippen molar-refractivity contribution < 1.29 is 9.31 Å². The van der Waals surface area contributed by atoms with E-state index in [0.717, 1.165) is 17.7 Å². The fourth-order valence-corrected chi connectivity index (χ4v) is 1.94. The molecule has 2 rings (SSSR count). The van der Waals surface area contributed by atoms with Crippen molar-refractivity contribution in [3.05, 3.63) is 67.9 Å². The Morgan fingerprint density at radius 3 is 2.50 bits per heavy atom. The van der Waals surface area contributed by atoms with E-state index in [1.165, 1.54) is 6.07 Å². The monoisotopic (exact) mass is 314 g/mol. The number of hydrogen-bond donors (Lipinski definition) is 1. The van der Waals surface area contributed by atoms with Gasteiger partial charge in [-0.25, -0.2) is 0 Å². The molecule has 0 aromatic heterocycles. The molecular formula is C13H9Cl2FN2O2. The first kappa shape index (κ1) is 14.6. The molecule has 0 atom stereocenters. The molecule has 0 bridgehead atoms. The fraction of sp³-hybridized carbons (Fsp3) is 0.0769. The van der Waals surface area contributed by atoms with Crippen molar-refractivity contribution in [1.29, 1.82) is 0 Å². The highest BCUT2D eigenvalue weighted by Crippen LogP contribution is 2.24. The number of halogens is 3. The minimum absolute atomic E-state index is 0.397. The maximum atomic E-state index is 13.4. The zero-order chi connectivity index (χ0) is 14.7. The first-order valence-corrected chi connectivity index (χ1v) is 6.34. The molecule has 0 unspecified atom stereocenters. The Labute approximate surface area is 124 Å². The standard InChI is InChI=1S/C13H9Cl2FN2O2/c14-10-3-1-8(5-11(10)15)7-17-9-2-4-13(18(19)20)12(16)6-9/h1-6,17H,7H2. The molecule has 2 aromatic rings. The van der Waals surface area contributed by atoms with Crippen molar-refractivity contribution in [2.45, 2.75) is 6.54 Å². The summed E-state index contributed by atoms with van der Waals surface area (Å²) in [6.45, 7) is 0.397. The quantitative estimate of drug-likeness (QED) is 0.660. The minimum Gasteiger partial charge on any atom is -0.381 e. The van der Waals surface area contributed by atoms with Crippen LogP contribution in [0.4, 0.5) is 15.8 Å². The van der Waals surface area contributed by atoms with Gasteiger partial charge in [0.1, 0.15) is 0 Å². The zero-order valence-electron chi connectivity index (χ0n) is 10.1. The average Bonchev–Trinajstić information content (AvgIpc) is 2.40. The van der Waals surface area contributed by atoms with E-state index in [1.54, 1.807) is 18.2 Å². The van der Waals surface area contributed by atoms with E-state index < -0.39 is 16.4 Å². The van der Waals surface area contributed by atoms with Gasteiger partial charge in [0.15, 0.2) is 0 Å². The lowest BCUT2D eigenvalue weighted by atomic mass is 10.2. The van der Waals surface area contributed by atoms with Gasteiger partial charge in [-0.05, 0) is 23.8 Å². The molecule has 0 amide bonds. The van der Waals surface area contributed by atoms with Crippen LogP contribution in [0.1, 0.15) is 5.56 Å². The van der Waals surface area contributed by atoms with Crippen LogP contribution < -0.4 is 5.32 Å². The second-order valence-corrected chi connectivity index (χ2v) is 4.84. The van der Waals surface area contributed by atoms with Crippen LogP contribution in [-0.2, 0) is 6.54 Å². The first-order chi connectivity index (χ1) is 9.47. The van der Waals surface area contributed by atoms with Gasteiger partial charge < -0.3 is 5.32 Å². The van der Waals surface area contributed by atoms with Crippen LogP contribution in [0.25, 0.3) is 0 Å². The number of nitro groups is 1. The Morgan fingerprint density at radius 1 is 1.15 bits per heavy atom. The molecule has 4 nitrogen and oxygen atoms in total. The summed E-state index contributed by atoms with van der Waals surface area (Å²) < 4.78 is 13.4. The van der Waals surface area contributed by atoms with Crippen molar-refractivity contribution in [2.24, 2.45) is 0 Å². The molecule has 2 aromatic carbocycles. The molecule has 1 N–H and O–H groups in total. The Hall–Kier alpha value is -1.85. The minimum atomic E-state index is -0.880. The Bertz CT molecular complexity index is 665. The van der Waals surface area contributed by atoms with Gasteiger partial charge in [0.2, 0.25) is 5.82 Å². The molecule has 0 aliphatic heterocycles. The Balaban J connectivity index is 2.09. The molecule has 0 saturated carbocycles. The number of hydrogen-bond acceptors (Lipinski definition) is 3. The summed E-state index contributed by atoms with van der Waals surface area (Å²) in [6.07, 6.45) is 0. The second-order valence-electron chi connectivity index (χ2n) is 4.03. The van der Waals surface area contributed by atoms with E-state index in [0.29, 0.717) is 22.3 Å². The molecule has 0 saturated heterocycles. The summed E-state index contributed by atoms with van der Waals surface area (Å²) in [7, 11) is 0. The van der Waals surface area contributed by atoms with E-state index >= 15 is 0 Å². The Kier molecular flexibility index (Phi) is 4.42. The first-order valence-electron chi connectivity index (χ1n) is 5.59. The third kappa shape index (κ3) is 3.37. The number of anilines is 1. The highest BCUT2D eigenvalue weighted by atomic mass is 35.5. The van der Waals surface area contributed by atoms with E-state index in [-0.39, 0.29) is 0 Å². The van der Waals surface area contributed by atoms with Gasteiger partial charge in [0, 0.05) is 24.4 Å². The molecule has 104 valence electrons. The summed E-state index contributed by atoms with van der Waals surface area (Å²) in [5, 5.41) is 14.3. The number of nitrogens with zero attached hydrogens (tertiary/aromatic N) is 1. The van der Waals surface area contributed by atoms with Crippen LogP contribution in [0.3, 0.4) is 0 Å². The van der Waals surface area contributed by atoms with Gasteiger partial charge in [0.05, 0.1) is 15.0 Å². The van der Waals surface area contributed by atoms with Gasteiger partial charge in [-0.1, -0.05) is 29.3 Å². The predicted octanol–water partition coefficient (Wildman–Crippen LogP) is 4.65. The van der Waals surface area contributed by atoms with Crippen molar-refractivity contribution in [3.63, 3.8) is 0 Å². The summed E-state index contributed by atoms with van der Waals surface area (Å²) >= 11 is 11.7. The molecule has 20 heavy (non-hydrogen) atoms. The van der Waals surface area contributed by atoms with E-state index in [1.807, 2.05) is 0 Å². The molecule has 7 heteroatoms. The molecular weight excluding hydrogens is 306 g/mol. The number of nitro benzene ring substituents is 1. The van der Waals surface area contributed by atoms with Gasteiger partial charge in [-0.2, -0.15) is 4.39 Å². The zero-order valence-corrected chi connectivity index (χ0v) is 11.6. The van der Waals surface area contributed by atoms with Crippen LogP contribution >= 0.6 is 23.2 Å². The molecule has 0 fully saturated rings. The number of benzene rings is 2. The van der Waals surface area contributed by atoms with Crippen LogP contribution in [0, 0.1) is 15.9 Å². The molecule has 0 spiro atoms. The van der Waals surface area contributed by atoms with E-state index in [4.69, 9.17) is 23.2 Å². The smallest absolute Gasteiger partial charge is 0.304 e. The van der Waals surface area contributed by atoms with Crippen molar-refractivity contribution >= 4 is 34.6 Å². The normalized spacial score (nSPS) is 10.3. The lowest BCUT2D eigenvalue weighted by molar-refractivity contribution is -0.387. The van der Waals surface area contributed by atoms with Crippen molar-refractivity contribution in [2.75, 3.05) is 5.32 Å². The van der Waals surface area contributed by atoms with Crippen LogP contribution in [0.2, 0.25) is 10.0 Å². The third-order valence-electron chi connectivity index (χ3n) is 2.63. The van der Waals surface area contributed by atoms with Gasteiger partial charge in [-0.15, -0.1) is 0 Å². The van der Waals surface area contributed by atoms with E-state index in [9.17, 15) is 14.5 Å². The van der Waals surface area contributed by atoms with Crippen molar-refractivity contribution in [1.82, 2.24) is 0 Å². The average molecular weight is 315 g/mol. The van der Waals surface area contributed by atoms with Crippen molar-refractivity contribution in [3.8, 4) is 0 Å². The van der Waals surface area contributed by atoms with Crippen LogP contribution in [0.5, 0.6) is 0 Å². The van der Waals surface area contributed by atoms with Crippen LogP contribution in [-0.4, -0.2) is 4.92 Å². The van der Waals surface area contributed by atoms with Gasteiger partial charge in [0.25, 0.3) is 0 Å². The topological polar surface area (TPSA) is 55.2 Å². The van der Waals surface area contributed by atoms with Crippen LogP contribution in [0.15, 0.2) is 36.4 Å². The fourth-order valence-electron chi connectivity index (χ4n) is 1.62. The maximum absolute atomic E-state index is 13.4. The summed E-state index contributed by atoms with van der Waals surface area (Å²) in [5.41, 5.74) is 0.752. The second kappa shape index (κ2) is 6.07. The molecule has 0 aliphatic rings. The summed E-state index contributed by atoms with van der Waals surface area (Å²) in [5.74, 6) is -0.880. The highest BCUT2D eigenvalue weighted by Gasteiger charge is 2.13. The maximum Gasteiger partial charge on any atom is 0.304 e. The Morgan fingerprint density at radius 2 is 1.90 bits per heavy atom. The molecule has 0 heterocycles. The highest BCUT2D eigenvalue weighted by molar-refractivity contribution is 6.42. The SMILES string of the molecule is O=[N+]([O-])c1ccc(NCc2ccc(Cl)c(Cl)c2)cc1F. The van der Waals surface area contributed by atoms with Gasteiger partial charge >= 0.3 is 5.69 Å². The lowest BCUT2D eigenvalue weighted by Gasteiger charge is -2.07. The van der Waals surface area contributed by atoms with Gasteiger partial charge in [-0.3, -0.25) is 10.1 Å². The van der Waals surface area contributed by atoms with E-state index in [2.05, 4.69) is 5.32 Å². The molecule has 0 radical (unpaired) electrons. The lowest BCUT2D eigenvalue weighted by Crippen LogP contribution is -2.01. The predicted molar refractivity (Wildman–Crippen MR) is 76.8 cm³/mol.